The summed E-state index contributed by atoms with van der Waals surface area (Å²) in [5.74, 6) is -1.84. The second-order valence-corrected chi connectivity index (χ2v) is 7.38. The molecule has 29 heavy (non-hydrogen) atoms. The molecule has 4 rings (SSSR count). The number of halogens is 2. The lowest BCUT2D eigenvalue weighted by molar-refractivity contribution is -0.387. The summed E-state index contributed by atoms with van der Waals surface area (Å²) < 4.78 is 14.6. The zero-order chi connectivity index (χ0) is 20.5. The average molecular weight is 429 g/mol. The lowest BCUT2D eigenvalue weighted by Crippen LogP contribution is -2.13. The van der Waals surface area contributed by atoms with Gasteiger partial charge in [-0.1, -0.05) is 23.7 Å². The van der Waals surface area contributed by atoms with Gasteiger partial charge in [0, 0.05) is 23.9 Å². The topological polar surface area (TPSA) is 98.0 Å². The molecule has 0 unspecified atom stereocenters. The molecule has 2 heterocycles. The average Bonchev–Trinajstić information content (AvgIpc) is 3.12. The molecule has 0 aliphatic carbocycles. The molecular formula is C19H10ClFN4O3S. The quantitative estimate of drug-likeness (QED) is 0.351. The zero-order valence-electron chi connectivity index (χ0n) is 14.4. The number of amides is 1. The smallest absolute Gasteiger partial charge is 0.305 e. The van der Waals surface area contributed by atoms with Gasteiger partial charge in [-0.2, -0.15) is 4.39 Å². The van der Waals surface area contributed by atoms with Gasteiger partial charge in [-0.15, -0.1) is 11.3 Å². The highest BCUT2D eigenvalue weighted by atomic mass is 35.5. The third-order valence-corrected chi connectivity index (χ3v) is 5.41. The summed E-state index contributed by atoms with van der Waals surface area (Å²) in [6, 6.07) is 10.9. The summed E-state index contributed by atoms with van der Waals surface area (Å²) in [6.45, 7) is 0. The number of nitrogens with zero attached hydrogens (tertiary/aromatic N) is 3. The molecule has 4 aromatic rings. The van der Waals surface area contributed by atoms with E-state index in [2.05, 4.69) is 15.3 Å². The van der Waals surface area contributed by atoms with E-state index in [1.165, 1.54) is 17.5 Å². The number of benzene rings is 2. The third-order valence-electron chi connectivity index (χ3n) is 4.01. The molecule has 2 aromatic carbocycles. The van der Waals surface area contributed by atoms with Crippen molar-refractivity contribution in [2.24, 2.45) is 0 Å². The molecule has 2 aromatic heterocycles. The van der Waals surface area contributed by atoms with Crippen molar-refractivity contribution in [3.8, 4) is 10.6 Å². The van der Waals surface area contributed by atoms with Crippen molar-refractivity contribution in [2.75, 3.05) is 5.32 Å². The summed E-state index contributed by atoms with van der Waals surface area (Å²) in [5.41, 5.74) is 0.841. The van der Waals surface area contributed by atoms with E-state index in [-0.39, 0.29) is 10.6 Å². The molecule has 0 bridgehead atoms. The maximum absolute atomic E-state index is 13.6. The number of fused-ring (bicyclic) bond motifs is 1. The first-order chi connectivity index (χ1) is 13.9. The molecule has 0 saturated carbocycles. The van der Waals surface area contributed by atoms with Crippen LogP contribution in [0.5, 0.6) is 0 Å². The Hall–Kier alpha value is -3.43. The van der Waals surface area contributed by atoms with E-state index in [0.717, 1.165) is 27.4 Å². The minimum absolute atomic E-state index is 0.217. The molecule has 144 valence electrons. The summed E-state index contributed by atoms with van der Waals surface area (Å²) in [5, 5.41) is 14.0. The summed E-state index contributed by atoms with van der Waals surface area (Å²) in [4.78, 5) is 31.2. The largest absolute Gasteiger partial charge is 0.321 e. The number of carbonyl (C=O) groups is 1. The predicted octanol–water partition coefficient (Wildman–Crippen LogP) is 5.31. The number of rotatable bonds is 4. The molecule has 10 heteroatoms. The zero-order valence-corrected chi connectivity index (χ0v) is 16.0. The van der Waals surface area contributed by atoms with Gasteiger partial charge in [-0.3, -0.25) is 19.9 Å². The van der Waals surface area contributed by atoms with Gasteiger partial charge < -0.3 is 5.32 Å². The number of aromatic nitrogens is 2. The Kier molecular flexibility index (Phi) is 4.91. The van der Waals surface area contributed by atoms with Crippen LogP contribution in [-0.2, 0) is 0 Å². The van der Waals surface area contributed by atoms with E-state index in [9.17, 15) is 19.3 Å². The fourth-order valence-corrected chi connectivity index (χ4v) is 3.85. The minimum atomic E-state index is -1.11. The monoisotopic (exact) mass is 428 g/mol. The SMILES string of the molecule is O=C(Nc1cncc(-c2nc3ccccc3s2)c1)c1cc([N+](=O)[O-])c(F)cc1Cl. The highest BCUT2D eigenvalue weighted by Gasteiger charge is 2.21. The fraction of sp³-hybridized carbons (Fsp3) is 0. The number of nitrogens with one attached hydrogen (secondary N) is 1. The number of hydrogen-bond acceptors (Lipinski definition) is 6. The van der Waals surface area contributed by atoms with Crippen molar-refractivity contribution in [1.82, 2.24) is 9.97 Å². The van der Waals surface area contributed by atoms with E-state index in [1.54, 1.807) is 12.3 Å². The Bertz CT molecular complexity index is 1240. The molecule has 0 saturated heterocycles. The lowest BCUT2D eigenvalue weighted by atomic mass is 10.1. The minimum Gasteiger partial charge on any atom is -0.321 e. The first kappa shape index (κ1) is 18.9. The Balaban J connectivity index is 1.64. The van der Waals surface area contributed by atoms with E-state index in [4.69, 9.17) is 11.6 Å². The number of para-hydroxylation sites is 1. The van der Waals surface area contributed by atoms with Crippen molar-refractivity contribution in [1.29, 1.82) is 0 Å². The normalized spacial score (nSPS) is 10.8. The molecule has 1 N–H and O–H groups in total. The highest BCUT2D eigenvalue weighted by Crippen LogP contribution is 2.31. The lowest BCUT2D eigenvalue weighted by Gasteiger charge is -2.08. The first-order valence-corrected chi connectivity index (χ1v) is 9.37. The molecule has 0 atom stereocenters. The van der Waals surface area contributed by atoms with Crippen LogP contribution >= 0.6 is 22.9 Å². The molecule has 0 spiro atoms. The Morgan fingerprint density at radius 2 is 2.00 bits per heavy atom. The van der Waals surface area contributed by atoms with Crippen LogP contribution in [0.25, 0.3) is 20.8 Å². The molecule has 1 amide bonds. The Morgan fingerprint density at radius 3 is 2.76 bits per heavy atom. The van der Waals surface area contributed by atoms with Gasteiger partial charge in [0.2, 0.25) is 5.82 Å². The number of thiazole rings is 1. The van der Waals surface area contributed by atoms with E-state index < -0.39 is 22.3 Å². The van der Waals surface area contributed by atoms with Gasteiger partial charge in [0.05, 0.1) is 37.6 Å². The van der Waals surface area contributed by atoms with Crippen LogP contribution in [0.1, 0.15) is 10.4 Å². The van der Waals surface area contributed by atoms with Crippen LogP contribution in [0.3, 0.4) is 0 Å². The van der Waals surface area contributed by atoms with Gasteiger partial charge in [0.1, 0.15) is 5.01 Å². The first-order valence-electron chi connectivity index (χ1n) is 8.18. The van der Waals surface area contributed by atoms with Crippen LogP contribution in [0.2, 0.25) is 5.02 Å². The molecule has 0 aliphatic rings. The van der Waals surface area contributed by atoms with E-state index >= 15 is 0 Å². The fourth-order valence-electron chi connectivity index (χ4n) is 2.67. The maximum Gasteiger partial charge on any atom is 0.305 e. The number of pyridine rings is 1. The van der Waals surface area contributed by atoms with Crippen LogP contribution in [0.4, 0.5) is 15.8 Å². The van der Waals surface area contributed by atoms with Gasteiger partial charge in [-0.05, 0) is 18.2 Å². The van der Waals surface area contributed by atoms with Crippen molar-refractivity contribution in [2.45, 2.75) is 0 Å². The molecule has 0 radical (unpaired) electrons. The maximum atomic E-state index is 13.6. The van der Waals surface area contributed by atoms with Gasteiger partial charge >= 0.3 is 5.69 Å². The molecule has 0 aliphatic heterocycles. The van der Waals surface area contributed by atoms with Crippen molar-refractivity contribution in [3.05, 3.63) is 81.4 Å². The predicted molar refractivity (Wildman–Crippen MR) is 109 cm³/mol. The second kappa shape index (κ2) is 7.53. The van der Waals surface area contributed by atoms with E-state index in [0.29, 0.717) is 11.3 Å². The molecule has 7 nitrogen and oxygen atoms in total. The molecular weight excluding hydrogens is 419 g/mol. The summed E-state index contributed by atoms with van der Waals surface area (Å²) in [6.07, 6.45) is 3.03. The van der Waals surface area contributed by atoms with Crippen LogP contribution < -0.4 is 5.32 Å². The van der Waals surface area contributed by atoms with Crippen LogP contribution in [0.15, 0.2) is 54.9 Å². The van der Waals surface area contributed by atoms with Crippen LogP contribution in [-0.4, -0.2) is 20.8 Å². The van der Waals surface area contributed by atoms with Crippen molar-refractivity contribution < 1.29 is 14.1 Å². The number of nitro groups is 1. The number of carbonyl (C=O) groups excluding carboxylic acids is 1. The molecule has 0 fully saturated rings. The number of nitro benzene ring substituents is 1. The summed E-state index contributed by atoms with van der Waals surface area (Å²) >= 11 is 7.37. The third kappa shape index (κ3) is 3.78. The van der Waals surface area contributed by atoms with Crippen molar-refractivity contribution in [3.63, 3.8) is 0 Å². The van der Waals surface area contributed by atoms with Gasteiger partial charge in [-0.25, -0.2) is 4.98 Å². The van der Waals surface area contributed by atoms with Crippen LogP contribution in [0, 0.1) is 15.9 Å². The van der Waals surface area contributed by atoms with E-state index in [1.807, 2.05) is 24.3 Å². The Morgan fingerprint density at radius 1 is 1.21 bits per heavy atom. The van der Waals surface area contributed by atoms with Gasteiger partial charge in [0.25, 0.3) is 5.91 Å². The Labute approximate surface area is 172 Å². The standard InChI is InChI=1S/C19H10ClFN4O3S/c20-13-7-14(21)16(25(27)28)6-12(13)18(26)23-11-5-10(8-22-9-11)19-24-15-3-1-2-4-17(15)29-19/h1-9H,(H,23,26). The second-order valence-electron chi connectivity index (χ2n) is 5.94. The number of hydrogen-bond donors (Lipinski definition) is 1. The highest BCUT2D eigenvalue weighted by molar-refractivity contribution is 7.21. The number of anilines is 1. The van der Waals surface area contributed by atoms with Crippen molar-refractivity contribution >= 4 is 50.4 Å². The summed E-state index contributed by atoms with van der Waals surface area (Å²) in [7, 11) is 0. The van der Waals surface area contributed by atoms with Gasteiger partial charge in [0.15, 0.2) is 0 Å².